The van der Waals surface area contributed by atoms with Crippen LogP contribution in [0.4, 0.5) is 45.0 Å². The van der Waals surface area contributed by atoms with E-state index >= 15 is 4.39 Å². The van der Waals surface area contributed by atoms with E-state index in [2.05, 4.69) is 30.9 Å². The number of nitrogens with one attached hydrogen (secondary N) is 3. The molecule has 15 heteroatoms. The Labute approximate surface area is 275 Å². The zero-order valence-corrected chi connectivity index (χ0v) is 26.4. The lowest BCUT2D eigenvalue weighted by atomic mass is 10.0. The minimum Gasteiger partial charge on any atom is -0.326 e. The first kappa shape index (κ1) is 32.8. The lowest BCUT2D eigenvalue weighted by molar-refractivity contribution is -0.137. The van der Waals surface area contributed by atoms with Crippen LogP contribution in [-0.4, -0.2) is 31.3 Å². The Morgan fingerprint density at radius 1 is 0.896 bits per heavy atom. The van der Waals surface area contributed by atoms with Crippen LogP contribution >= 0.6 is 11.6 Å². The molecule has 48 heavy (non-hydrogen) atoms. The molecule has 2 aromatic heterocycles. The van der Waals surface area contributed by atoms with Crippen molar-refractivity contribution in [1.82, 2.24) is 19.5 Å². The lowest BCUT2D eigenvalue weighted by Gasteiger charge is -2.17. The van der Waals surface area contributed by atoms with E-state index in [0.29, 0.717) is 28.8 Å². The van der Waals surface area contributed by atoms with E-state index < -0.39 is 45.6 Å². The number of nitrogens with zero attached hydrogens (tertiary/aromatic N) is 4. The Morgan fingerprint density at radius 3 is 2.15 bits per heavy atom. The predicted molar refractivity (Wildman–Crippen MR) is 171 cm³/mol. The van der Waals surface area contributed by atoms with Crippen LogP contribution in [0.3, 0.4) is 0 Å². The fraction of sp³-hybridized carbons (Fsp3) is 0.242. The summed E-state index contributed by atoms with van der Waals surface area (Å²) in [6.45, 7) is 5.64. The van der Waals surface area contributed by atoms with Crippen LogP contribution in [0.5, 0.6) is 0 Å². The molecule has 2 amide bonds. The van der Waals surface area contributed by atoms with Crippen molar-refractivity contribution in [2.75, 3.05) is 16.0 Å². The van der Waals surface area contributed by atoms with Gasteiger partial charge in [-0.25, -0.2) is 23.7 Å². The van der Waals surface area contributed by atoms with Gasteiger partial charge >= 0.3 is 6.18 Å². The highest BCUT2D eigenvalue weighted by Crippen LogP contribution is 2.48. The summed E-state index contributed by atoms with van der Waals surface area (Å²) in [5.74, 6) is -2.06. The van der Waals surface area contributed by atoms with Crippen molar-refractivity contribution in [1.29, 1.82) is 0 Å². The van der Waals surface area contributed by atoms with Gasteiger partial charge in [-0.2, -0.15) is 13.2 Å². The fourth-order valence-corrected chi connectivity index (χ4v) is 5.68. The third-order valence-electron chi connectivity index (χ3n) is 8.01. The van der Waals surface area contributed by atoms with Gasteiger partial charge in [0.1, 0.15) is 22.5 Å². The first-order valence-corrected chi connectivity index (χ1v) is 15.1. The minimum absolute atomic E-state index is 0.0126. The zero-order valence-electron chi connectivity index (χ0n) is 25.6. The normalized spacial score (nSPS) is 13.9. The van der Waals surface area contributed by atoms with Crippen molar-refractivity contribution in [3.05, 3.63) is 88.8 Å². The molecule has 3 N–H and O–H groups in total. The Hall–Kier alpha value is -5.11. The number of carbonyl (C=O) groups is 2. The molecule has 3 aromatic carbocycles. The quantitative estimate of drug-likeness (QED) is 0.112. The molecule has 0 aliphatic heterocycles. The number of rotatable bonds is 8. The van der Waals surface area contributed by atoms with Gasteiger partial charge in [0, 0.05) is 28.7 Å². The Morgan fingerprint density at radius 2 is 1.52 bits per heavy atom. The first-order valence-electron chi connectivity index (χ1n) is 14.7. The summed E-state index contributed by atoms with van der Waals surface area (Å²) in [6, 6.07) is 12.0. The summed E-state index contributed by atoms with van der Waals surface area (Å²) < 4.78 is 71.5. The Balaban J connectivity index is 1.15. The van der Waals surface area contributed by atoms with Crippen LogP contribution < -0.4 is 16.0 Å². The maximum atomic E-state index is 15.0. The third-order valence-corrected chi connectivity index (χ3v) is 8.34. The molecule has 0 spiro atoms. The van der Waals surface area contributed by atoms with Crippen LogP contribution in [0.15, 0.2) is 60.8 Å². The van der Waals surface area contributed by atoms with Gasteiger partial charge in [-0.15, -0.1) is 0 Å². The van der Waals surface area contributed by atoms with Crippen molar-refractivity contribution in [2.24, 2.45) is 5.41 Å². The largest absolute Gasteiger partial charge is 0.417 e. The first-order chi connectivity index (χ1) is 22.7. The number of anilines is 4. The summed E-state index contributed by atoms with van der Waals surface area (Å²) in [4.78, 5) is 38.6. The number of aryl methyl sites for hydroxylation is 1. The van der Waals surface area contributed by atoms with Crippen LogP contribution in [-0.2, 0) is 15.8 Å². The van der Waals surface area contributed by atoms with Gasteiger partial charge in [0.2, 0.25) is 17.8 Å². The molecule has 5 aromatic rings. The molecule has 1 fully saturated rings. The number of benzene rings is 3. The SMILES string of the molecule is Cc1nc2c(F)cc(-c3nc(Nc4ccc(NC(=O)C5(C(=O)Nc6ccc(Cl)c(C(F)(F)F)c6)CC5)cc4)ncc3F)cc2n1C(C)C. The maximum Gasteiger partial charge on any atom is 0.417 e. The van der Waals surface area contributed by atoms with Crippen molar-refractivity contribution in [3.63, 3.8) is 0 Å². The van der Waals surface area contributed by atoms with E-state index in [-0.39, 0.29) is 47.3 Å². The number of amides is 2. The summed E-state index contributed by atoms with van der Waals surface area (Å²) in [7, 11) is 0. The highest BCUT2D eigenvalue weighted by Gasteiger charge is 2.56. The number of halogens is 6. The molecule has 6 rings (SSSR count). The van der Waals surface area contributed by atoms with Crippen molar-refractivity contribution in [3.8, 4) is 11.3 Å². The lowest BCUT2D eigenvalue weighted by Crippen LogP contribution is -2.35. The number of fused-ring (bicyclic) bond motifs is 1. The summed E-state index contributed by atoms with van der Waals surface area (Å²) in [5.41, 5.74) is -1.09. The smallest absolute Gasteiger partial charge is 0.326 e. The van der Waals surface area contributed by atoms with Crippen molar-refractivity contribution >= 4 is 57.5 Å². The molecule has 0 bridgehead atoms. The monoisotopic (exact) mass is 683 g/mol. The van der Waals surface area contributed by atoms with E-state index in [1.165, 1.54) is 12.1 Å². The van der Waals surface area contributed by atoms with Crippen LogP contribution in [0.25, 0.3) is 22.3 Å². The second-order valence-corrected chi connectivity index (χ2v) is 12.1. The fourth-order valence-electron chi connectivity index (χ4n) is 5.46. The van der Waals surface area contributed by atoms with Crippen molar-refractivity contribution < 1.29 is 31.5 Å². The second-order valence-electron chi connectivity index (χ2n) is 11.7. The number of alkyl halides is 3. The van der Waals surface area contributed by atoms with Gasteiger partial charge in [-0.1, -0.05) is 11.6 Å². The molecule has 248 valence electrons. The molecule has 1 saturated carbocycles. The molecular weight excluding hydrogens is 657 g/mol. The number of aromatic nitrogens is 4. The average Bonchev–Trinajstić information content (AvgIpc) is 3.76. The van der Waals surface area contributed by atoms with E-state index in [1.807, 2.05) is 18.4 Å². The minimum atomic E-state index is -4.72. The average molecular weight is 684 g/mol. The van der Waals surface area contributed by atoms with Gasteiger partial charge in [0.25, 0.3) is 0 Å². The van der Waals surface area contributed by atoms with E-state index in [0.717, 1.165) is 12.3 Å². The maximum absolute atomic E-state index is 15.0. The van der Waals surface area contributed by atoms with Crippen LogP contribution in [0, 0.1) is 24.0 Å². The van der Waals surface area contributed by atoms with Gasteiger partial charge in [-0.05, 0) is 88.2 Å². The van der Waals surface area contributed by atoms with Gasteiger partial charge in [0.05, 0.1) is 22.3 Å². The second kappa shape index (κ2) is 12.2. The van der Waals surface area contributed by atoms with Crippen LogP contribution in [0.2, 0.25) is 5.02 Å². The number of hydrogen-bond donors (Lipinski definition) is 3. The number of carbonyl (C=O) groups excluding carboxylic acids is 2. The van der Waals surface area contributed by atoms with Gasteiger partial charge in [0.15, 0.2) is 11.6 Å². The third kappa shape index (κ3) is 6.27. The summed E-state index contributed by atoms with van der Waals surface area (Å²) >= 11 is 5.65. The molecule has 2 heterocycles. The summed E-state index contributed by atoms with van der Waals surface area (Å²) in [5, 5.41) is 7.50. The topological polar surface area (TPSA) is 114 Å². The Kier molecular flexibility index (Phi) is 8.31. The number of imidazole rings is 1. The highest BCUT2D eigenvalue weighted by molar-refractivity contribution is 6.31. The van der Waals surface area contributed by atoms with E-state index in [1.54, 1.807) is 37.3 Å². The zero-order chi connectivity index (χ0) is 34.5. The number of hydrogen-bond acceptors (Lipinski definition) is 6. The van der Waals surface area contributed by atoms with E-state index in [4.69, 9.17) is 11.6 Å². The molecule has 0 atom stereocenters. The van der Waals surface area contributed by atoms with Gasteiger partial charge < -0.3 is 20.5 Å². The van der Waals surface area contributed by atoms with Crippen LogP contribution in [0.1, 0.15) is 44.1 Å². The molecule has 0 saturated heterocycles. The van der Waals surface area contributed by atoms with Gasteiger partial charge in [-0.3, -0.25) is 9.59 Å². The molecule has 1 aliphatic rings. The molecule has 9 nitrogen and oxygen atoms in total. The molecule has 1 aliphatic carbocycles. The summed E-state index contributed by atoms with van der Waals surface area (Å²) in [6.07, 6.45) is -3.32. The Bertz CT molecular complexity index is 2080. The standard InChI is InChI=1S/C33H27ClF5N7O2/c1-16(2)46-17(3)41-28-24(35)12-18(13-26(28)46)27-25(36)15-40-31(45-27)44-20-6-4-19(5-7-20)42-29(47)32(10-11-32)30(48)43-21-8-9-23(34)22(14-21)33(37,38)39/h4-9,12-16H,10-11H2,1-3H3,(H,42,47)(H,43,48)(H,40,44,45). The highest BCUT2D eigenvalue weighted by atomic mass is 35.5. The van der Waals surface area contributed by atoms with Crippen molar-refractivity contribution in [2.45, 2.75) is 45.8 Å². The molecule has 0 radical (unpaired) electrons. The predicted octanol–water partition coefficient (Wildman–Crippen LogP) is 8.43. The molecular formula is C33H27ClF5N7O2. The molecule has 0 unspecified atom stereocenters. The van der Waals surface area contributed by atoms with E-state index in [9.17, 15) is 27.2 Å².